The molecule has 0 aliphatic carbocycles. The highest BCUT2D eigenvalue weighted by Crippen LogP contribution is 2.27. The normalized spacial score (nSPS) is 18.6. The molecule has 2 aromatic heterocycles. The van der Waals surface area contributed by atoms with E-state index in [0.29, 0.717) is 18.7 Å². The summed E-state index contributed by atoms with van der Waals surface area (Å²) >= 11 is 0. The van der Waals surface area contributed by atoms with Crippen LogP contribution in [0.4, 0.5) is 0 Å². The maximum atomic E-state index is 12.5. The fraction of sp³-hybridized carbons (Fsp3) is 0.474. The van der Waals surface area contributed by atoms with Gasteiger partial charge in [0.25, 0.3) is 11.5 Å². The third-order valence-electron chi connectivity index (χ3n) is 5.38. The number of likely N-dealkylation sites (tertiary alicyclic amines) is 1. The van der Waals surface area contributed by atoms with Gasteiger partial charge in [-0.2, -0.15) is 0 Å². The molecule has 136 valence electrons. The van der Waals surface area contributed by atoms with Crippen LogP contribution in [0.1, 0.15) is 46.2 Å². The smallest absolute Gasteiger partial charge is 0.254 e. The van der Waals surface area contributed by atoms with Gasteiger partial charge in [-0.25, -0.2) is 4.98 Å². The van der Waals surface area contributed by atoms with Gasteiger partial charge in [-0.05, 0) is 38.4 Å². The lowest BCUT2D eigenvalue weighted by atomic mass is 9.95. The molecule has 1 N–H and O–H groups in total. The second-order valence-electron chi connectivity index (χ2n) is 7.17. The number of amides is 1. The maximum absolute atomic E-state index is 12.5. The summed E-state index contributed by atoms with van der Waals surface area (Å²) in [6.45, 7) is 2.97. The zero-order valence-electron chi connectivity index (χ0n) is 14.9. The number of H-pyrrole nitrogens is 1. The molecule has 1 amide bonds. The first-order valence-electron chi connectivity index (χ1n) is 9.11. The molecule has 4 heterocycles. The van der Waals surface area contributed by atoms with Crippen molar-refractivity contribution in [2.24, 2.45) is 0 Å². The minimum Gasteiger partial charge on any atom is -0.339 e. The number of carbonyl (C=O) groups excluding carboxylic acids is 1. The quantitative estimate of drug-likeness (QED) is 0.876. The summed E-state index contributed by atoms with van der Waals surface area (Å²) in [7, 11) is 2.05. The Labute approximate surface area is 152 Å². The van der Waals surface area contributed by atoms with Gasteiger partial charge in [0.15, 0.2) is 0 Å². The number of likely N-dealkylation sites (N-methyl/N-ethyl adjacent to an activating group) is 1. The van der Waals surface area contributed by atoms with Crippen LogP contribution in [0.25, 0.3) is 0 Å². The first-order valence-corrected chi connectivity index (χ1v) is 9.11. The second-order valence-corrected chi connectivity index (χ2v) is 7.17. The number of rotatable bonds is 2. The summed E-state index contributed by atoms with van der Waals surface area (Å²) in [5.74, 6) is 1.01. The van der Waals surface area contributed by atoms with E-state index < -0.39 is 0 Å². The van der Waals surface area contributed by atoms with E-state index in [1.807, 2.05) is 4.90 Å². The van der Waals surface area contributed by atoms with Crippen LogP contribution >= 0.6 is 0 Å². The van der Waals surface area contributed by atoms with Crippen LogP contribution in [0.3, 0.4) is 0 Å². The molecule has 0 atom stereocenters. The molecular weight excluding hydrogens is 330 g/mol. The van der Waals surface area contributed by atoms with Crippen LogP contribution in [0.5, 0.6) is 0 Å². The molecular formula is C19H23N5O2. The predicted octanol–water partition coefficient (Wildman–Crippen LogP) is 1.17. The average molecular weight is 353 g/mol. The molecule has 0 unspecified atom stereocenters. The number of pyridine rings is 1. The van der Waals surface area contributed by atoms with Crippen LogP contribution in [0.2, 0.25) is 0 Å². The first-order chi connectivity index (χ1) is 12.6. The van der Waals surface area contributed by atoms with Crippen molar-refractivity contribution in [1.82, 2.24) is 24.8 Å². The Morgan fingerprint density at radius 3 is 2.65 bits per heavy atom. The number of carbonyl (C=O) groups is 1. The number of nitrogens with one attached hydrogen (secondary N) is 1. The first kappa shape index (κ1) is 16.9. The van der Waals surface area contributed by atoms with Crippen molar-refractivity contribution >= 4 is 5.91 Å². The maximum Gasteiger partial charge on any atom is 0.254 e. The van der Waals surface area contributed by atoms with Gasteiger partial charge in [-0.1, -0.05) is 0 Å². The zero-order chi connectivity index (χ0) is 18.1. The molecule has 2 aliphatic rings. The number of piperidine rings is 1. The average Bonchev–Trinajstić information content (AvgIpc) is 2.68. The molecule has 26 heavy (non-hydrogen) atoms. The minimum absolute atomic E-state index is 0.00777. The van der Waals surface area contributed by atoms with E-state index in [0.717, 1.165) is 49.4 Å². The van der Waals surface area contributed by atoms with Gasteiger partial charge >= 0.3 is 0 Å². The molecule has 2 aliphatic heterocycles. The monoisotopic (exact) mass is 353 g/mol. The number of hydrogen-bond acceptors (Lipinski definition) is 5. The van der Waals surface area contributed by atoms with Crippen molar-refractivity contribution in [1.29, 1.82) is 0 Å². The van der Waals surface area contributed by atoms with Crippen molar-refractivity contribution in [3.05, 3.63) is 57.5 Å². The van der Waals surface area contributed by atoms with Crippen molar-refractivity contribution < 1.29 is 4.79 Å². The van der Waals surface area contributed by atoms with Crippen LogP contribution in [0.15, 0.2) is 29.3 Å². The Balaban J connectivity index is 1.47. The lowest BCUT2D eigenvalue weighted by Crippen LogP contribution is -2.39. The van der Waals surface area contributed by atoms with Gasteiger partial charge in [0.05, 0.1) is 5.69 Å². The van der Waals surface area contributed by atoms with Crippen molar-refractivity contribution in [3.63, 3.8) is 0 Å². The Morgan fingerprint density at radius 2 is 1.92 bits per heavy atom. The SMILES string of the molecule is CN1CCc2c(nc(C3CCN(C(=O)c4ccncc4)CC3)[nH]c2=O)C1. The molecule has 0 radical (unpaired) electrons. The Kier molecular flexibility index (Phi) is 4.55. The molecule has 0 spiro atoms. The molecule has 7 nitrogen and oxygen atoms in total. The Hall–Kier alpha value is -2.54. The van der Waals surface area contributed by atoms with Gasteiger partial charge in [0, 0.05) is 55.6 Å². The number of nitrogens with zero attached hydrogens (tertiary/aromatic N) is 4. The van der Waals surface area contributed by atoms with Crippen LogP contribution in [0, 0.1) is 0 Å². The lowest BCUT2D eigenvalue weighted by molar-refractivity contribution is 0.0710. The summed E-state index contributed by atoms with van der Waals surface area (Å²) in [5.41, 5.74) is 2.42. The second kappa shape index (κ2) is 6.99. The van der Waals surface area contributed by atoms with Gasteiger partial charge < -0.3 is 14.8 Å². The third-order valence-corrected chi connectivity index (χ3v) is 5.38. The summed E-state index contributed by atoms with van der Waals surface area (Å²) in [4.78, 5) is 40.7. The lowest BCUT2D eigenvalue weighted by Gasteiger charge is -2.32. The topological polar surface area (TPSA) is 82.2 Å². The summed E-state index contributed by atoms with van der Waals surface area (Å²) in [6, 6.07) is 3.49. The number of aromatic amines is 1. The van der Waals surface area contributed by atoms with Gasteiger partial charge in [-0.3, -0.25) is 14.6 Å². The largest absolute Gasteiger partial charge is 0.339 e. The number of aromatic nitrogens is 3. The fourth-order valence-electron chi connectivity index (χ4n) is 3.82. The molecule has 1 saturated heterocycles. The van der Waals surface area contributed by atoms with Gasteiger partial charge in [0.1, 0.15) is 5.82 Å². The molecule has 2 aromatic rings. The zero-order valence-corrected chi connectivity index (χ0v) is 14.9. The van der Waals surface area contributed by atoms with Crippen molar-refractivity contribution in [2.75, 3.05) is 26.7 Å². The molecule has 7 heteroatoms. The van der Waals surface area contributed by atoms with Crippen LogP contribution in [-0.4, -0.2) is 57.3 Å². The Morgan fingerprint density at radius 1 is 1.19 bits per heavy atom. The molecule has 4 rings (SSSR count). The van der Waals surface area contributed by atoms with E-state index in [1.54, 1.807) is 24.5 Å². The molecule has 0 bridgehead atoms. The van der Waals surface area contributed by atoms with Crippen LogP contribution in [-0.2, 0) is 13.0 Å². The van der Waals surface area contributed by atoms with E-state index in [-0.39, 0.29) is 17.4 Å². The summed E-state index contributed by atoms with van der Waals surface area (Å²) in [6.07, 6.45) is 5.66. The number of fused-ring (bicyclic) bond motifs is 1. The van der Waals surface area contributed by atoms with Crippen molar-refractivity contribution in [2.45, 2.75) is 31.7 Å². The van der Waals surface area contributed by atoms with E-state index in [2.05, 4.69) is 21.9 Å². The number of hydrogen-bond donors (Lipinski definition) is 1. The summed E-state index contributed by atoms with van der Waals surface area (Å²) < 4.78 is 0. The summed E-state index contributed by atoms with van der Waals surface area (Å²) in [5, 5.41) is 0. The van der Waals surface area contributed by atoms with Crippen LogP contribution < -0.4 is 5.56 Å². The highest BCUT2D eigenvalue weighted by Gasteiger charge is 2.27. The van der Waals surface area contributed by atoms with Gasteiger partial charge in [-0.15, -0.1) is 0 Å². The highest BCUT2D eigenvalue weighted by molar-refractivity contribution is 5.94. The third kappa shape index (κ3) is 3.26. The fourth-order valence-corrected chi connectivity index (χ4v) is 3.82. The predicted molar refractivity (Wildman–Crippen MR) is 97.0 cm³/mol. The van der Waals surface area contributed by atoms with E-state index in [1.165, 1.54) is 0 Å². The minimum atomic E-state index is 0.00777. The standard InChI is InChI=1S/C19H23N5O2/c1-23-9-6-15-16(12-23)21-17(22-18(15)25)13-4-10-24(11-5-13)19(26)14-2-7-20-8-3-14/h2-3,7-8,13H,4-6,9-12H2,1H3,(H,21,22,25). The highest BCUT2D eigenvalue weighted by atomic mass is 16.2. The van der Waals surface area contributed by atoms with Crippen molar-refractivity contribution in [3.8, 4) is 0 Å². The van der Waals surface area contributed by atoms with E-state index in [4.69, 9.17) is 4.98 Å². The molecule has 0 aromatic carbocycles. The Bertz CT molecular complexity index is 856. The van der Waals surface area contributed by atoms with E-state index >= 15 is 0 Å². The van der Waals surface area contributed by atoms with E-state index in [9.17, 15) is 9.59 Å². The molecule has 0 saturated carbocycles. The molecule has 1 fully saturated rings. The van der Waals surface area contributed by atoms with Gasteiger partial charge in [0.2, 0.25) is 0 Å².